The highest BCUT2D eigenvalue weighted by molar-refractivity contribution is 7.25. The first-order valence-electron chi connectivity index (χ1n) is 13.6. The monoisotopic (exact) mass is 541 g/mol. The van der Waals surface area contributed by atoms with Crippen molar-refractivity contribution in [2.24, 2.45) is 0 Å². The smallest absolute Gasteiger partial charge is 0.160 e. The molecule has 0 radical (unpaired) electrons. The Morgan fingerprint density at radius 3 is 1.85 bits per heavy atom. The van der Waals surface area contributed by atoms with Gasteiger partial charge in [0, 0.05) is 43.7 Å². The quantitative estimate of drug-likeness (QED) is 0.222. The van der Waals surface area contributed by atoms with E-state index in [2.05, 4.69) is 97.1 Å². The minimum absolute atomic E-state index is 0.709. The van der Waals surface area contributed by atoms with E-state index < -0.39 is 0 Å². The Balaban J connectivity index is 1.25. The third-order valence-electron chi connectivity index (χ3n) is 7.54. The highest BCUT2D eigenvalue weighted by Gasteiger charge is 2.13. The van der Waals surface area contributed by atoms with Crippen LogP contribution in [0.25, 0.3) is 76.1 Å². The van der Waals surface area contributed by atoms with Crippen LogP contribution in [0.2, 0.25) is 0 Å². The number of aromatic nitrogens is 3. The van der Waals surface area contributed by atoms with Gasteiger partial charge in [-0.1, -0.05) is 109 Å². The summed E-state index contributed by atoms with van der Waals surface area (Å²) >= 11 is 1.75. The van der Waals surface area contributed by atoms with Crippen molar-refractivity contribution in [1.29, 1.82) is 0 Å². The zero-order valence-corrected chi connectivity index (χ0v) is 22.8. The van der Waals surface area contributed by atoms with Crippen molar-refractivity contribution >= 4 is 42.4 Å². The summed E-state index contributed by atoms with van der Waals surface area (Å²) in [5.74, 6) is 0.709. The lowest BCUT2D eigenvalue weighted by Gasteiger charge is -2.11. The maximum atomic E-state index is 5.02. The van der Waals surface area contributed by atoms with Gasteiger partial charge in [-0.15, -0.1) is 11.3 Å². The van der Waals surface area contributed by atoms with E-state index in [4.69, 9.17) is 15.0 Å². The highest BCUT2D eigenvalue weighted by atomic mass is 32.1. The molecule has 0 unspecified atom stereocenters. The summed E-state index contributed by atoms with van der Waals surface area (Å²) in [6, 6.07) is 46.4. The van der Waals surface area contributed by atoms with Crippen molar-refractivity contribution in [2.45, 2.75) is 0 Å². The van der Waals surface area contributed by atoms with Gasteiger partial charge < -0.3 is 0 Å². The van der Waals surface area contributed by atoms with Crippen molar-refractivity contribution in [2.75, 3.05) is 0 Å². The maximum Gasteiger partial charge on any atom is 0.160 e. The van der Waals surface area contributed by atoms with Gasteiger partial charge in [0.15, 0.2) is 5.82 Å². The van der Waals surface area contributed by atoms with Gasteiger partial charge in [-0.2, -0.15) is 0 Å². The van der Waals surface area contributed by atoms with Gasteiger partial charge in [-0.25, -0.2) is 15.0 Å². The third-order valence-corrected chi connectivity index (χ3v) is 8.62. The minimum atomic E-state index is 0.709. The normalized spacial score (nSPS) is 11.4. The lowest BCUT2D eigenvalue weighted by molar-refractivity contribution is 1.18. The molecule has 3 nitrogen and oxygen atoms in total. The van der Waals surface area contributed by atoms with E-state index in [1.54, 1.807) is 11.3 Å². The molecule has 8 rings (SSSR count). The first-order valence-corrected chi connectivity index (χ1v) is 14.4. The fraction of sp³-hybridized carbons (Fsp3) is 0. The SMILES string of the molecule is c1ccc(-c2cc(-c3ccccc3)nc(-c3cccc(-c4ccc5c(cnc6sc7ccccc7c65)c4)c3)n2)cc1. The summed E-state index contributed by atoms with van der Waals surface area (Å²) in [7, 11) is 0. The van der Waals surface area contributed by atoms with Crippen LogP contribution in [0.3, 0.4) is 0 Å². The Morgan fingerprint density at radius 1 is 0.463 bits per heavy atom. The molecule has 0 saturated carbocycles. The molecule has 0 aliphatic rings. The summed E-state index contributed by atoms with van der Waals surface area (Å²) in [5, 5.41) is 4.88. The summed E-state index contributed by atoms with van der Waals surface area (Å²) < 4.78 is 1.27. The summed E-state index contributed by atoms with van der Waals surface area (Å²) in [4.78, 5) is 15.9. The average molecular weight is 542 g/mol. The van der Waals surface area contributed by atoms with E-state index in [-0.39, 0.29) is 0 Å². The van der Waals surface area contributed by atoms with E-state index in [1.807, 2.05) is 42.6 Å². The molecule has 4 heteroatoms. The Bertz CT molecular complexity index is 2140. The fourth-order valence-electron chi connectivity index (χ4n) is 5.52. The predicted molar refractivity (Wildman–Crippen MR) is 172 cm³/mol. The number of hydrogen-bond donors (Lipinski definition) is 0. The van der Waals surface area contributed by atoms with Crippen LogP contribution in [-0.2, 0) is 0 Å². The Hall–Kier alpha value is -5.19. The Kier molecular flexibility index (Phi) is 5.64. The molecule has 0 aliphatic carbocycles. The molecule has 41 heavy (non-hydrogen) atoms. The van der Waals surface area contributed by atoms with Gasteiger partial charge in [0.25, 0.3) is 0 Å². The predicted octanol–water partition coefficient (Wildman–Crippen LogP) is 10.1. The second-order valence-electron chi connectivity index (χ2n) is 10.1. The van der Waals surface area contributed by atoms with Crippen molar-refractivity contribution in [3.8, 4) is 45.0 Å². The van der Waals surface area contributed by atoms with Crippen LogP contribution in [0.15, 0.2) is 140 Å². The van der Waals surface area contributed by atoms with Crippen LogP contribution in [0, 0.1) is 0 Å². The van der Waals surface area contributed by atoms with Gasteiger partial charge in [0.1, 0.15) is 4.83 Å². The number of hydrogen-bond acceptors (Lipinski definition) is 4. The first kappa shape index (κ1) is 23.7. The van der Waals surface area contributed by atoms with E-state index in [9.17, 15) is 0 Å². The molecule has 0 fully saturated rings. The van der Waals surface area contributed by atoms with Crippen LogP contribution in [0.4, 0.5) is 0 Å². The fourth-order valence-corrected chi connectivity index (χ4v) is 6.58. The highest BCUT2D eigenvalue weighted by Crippen LogP contribution is 2.38. The average Bonchev–Trinajstić information content (AvgIpc) is 3.44. The zero-order valence-electron chi connectivity index (χ0n) is 22.0. The maximum absolute atomic E-state index is 5.02. The van der Waals surface area contributed by atoms with Gasteiger partial charge >= 0.3 is 0 Å². The van der Waals surface area contributed by atoms with Crippen molar-refractivity contribution in [3.05, 3.63) is 140 Å². The molecule has 0 N–H and O–H groups in total. The van der Waals surface area contributed by atoms with Gasteiger partial charge in [0.05, 0.1) is 11.4 Å². The number of thiophene rings is 1. The summed E-state index contributed by atoms with van der Waals surface area (Å²) in [6.07, 6.45) is 2.00. The van der Waals surface area contributed by atoms with Crippen molar-refractivity contribution in [1.82, 2.24) is 15.0 Å². The van der Waals surface area contributed by atoms with Crippen molar-refractivity contribution < 1.29 is 0 Å². The molecule has 0 bridgehead atoms. The van der Waals surface area contributed by atoms with E-state index >= 15 is 0 Å². The van der Waals surface area contributed by atoms with Crippen molar-refractivity contribution in [3.63, 3.8) is 0 Å². The van der Waals surface area contributed by atoms with Crippen LogP contribution in [0.1, 0.15) is 0 Å². The lowest BCUT2D eigenvalue weighted by Crippen LogP contribution is -1.96. The number of nitrogens with zero attached hydrogens (tertiary/aromatic N) is 3. The molecule has 192 valence electrons. The minimum Gasteiger partial charge on any atom is -0.245 e. The van der Waals surface area contributed by atoms with Crippen LogP contribution < -0.4 is 0 Å². The largest absolute Gasteiger partial charge is 0.245 e. The van der Waals surface area contributed by atoms with Crippen LogP contribution in [0.5, 0.6) is 0 Å². The molecule has 0 spiro atoms. The molecular weight excluding hydrogens is 518 g/mol. The van der Waals surface area contributed by atoms with Crippen LogP contribution >= 0.6 is 11.3 Å². The molecule has 3 aromatic heterocycles. The molecular formula is C37H23N3S. The second-order valence-corrected chi connectivity index (χ2v) is 11.1. The third kappa shape index (κ3) is 4.26. The number of rotatable bonds is 4. The molecule has 0 saturated heterocycles. The summed E-state index contributed by atoms with van der Waals surface area (Å²) in [6.45, 7) is 0. The second kappa shape index (κ2) is 9.77. The molecule has 0 aliphatic heterocycles. The van der Waals surface area contributed by atoms with Gasteiger partial charge in [-0.05, 0) is 40.8 Å². The standard InChI is InChI=1S/C37H23N3S/c1-3-10-24(11-4-1)32-22-33(25-12-5-2-6-13-25)40-36(39-32)28-15-9-14-26(20-28)27-18-19-30-29(21-27)23-38-37-35(30)31-16-7-8-17-34(31)41-37/h1-23H. The lowest BCUT2D eigenvalue weighted by atomic mass is 9.98. The number of pyridine rings is 1. The molecule has 8 aromatic rings. The summed E-state index contributed by atoms with van der Waals surface area (Å²) in [5.41, 5.74) is 7.19. The number of fused-ring (bicyclic) bond motifs is 5. The van der Waals surface area contributed by atoms with Gasteiger partial charge in [-0.3, -0.25) is 0 Å². The van der Waals surface area contributed by atoms with E-state index in [0.29, 0.717) is 5.82 Å². The Morgan fingerprint density at radius 2 is 1.10 bits per heavy atom. The van der Waals surface area contributed by atoms with Crippen LogP contribution in [-0.4, -0.2) is 15.0 Å². The zero-order chi connectivity index (χ0) is 27.2. The molecule has 0 amide bonds. The molecule has 5 aromatic carbocycles. The topological polar surface area (TPSA) is 38.7 Å². The van der Waals surface area contributed by atoms with Gasteiger partial charge in [0.2, 0.25) is 0 Å². The Labute approximate surface area is 241 Å². The first-order chi connectivity index (χ1) is 20.3. The van der Waals surface area contributed by atoms with E-state index in [1.165, 1.54) is 20.9 Å². The number of benzene rings is 5. The van der Waals surface area contributed by atoms with E-state index in [0.717, 1.165) is 49.4 Å². The molecule has 3 heterocycles. The molecule has 0 atom stereocenters.